The molecule has 0 aliphatic rings. The number of ether oxygens (including phenoxy) is 7. The number of hydrogen-bond donors (Lipinski definition) is 0. The topological polar surface area (TPSA) is 64.6 Å². The van der Waals surface area contributed by atoms with E-state index >= 15 is 0 Å². The SMILES string of the molecule is COCOc1c(Br)c(C)c(-c2ccc(OC)c(OC)c2)c2c(OC)c(OC)c(OC)cc12. The van der Waals surface area contributed by atoms with E-state index in [0.29, 0.717) is 34.5 Å². The maximum Gasteiger partial charge on any atom is 0.203 e. The van der Waals surface area contributed by atoms with Gasteiger partial charge in [0.15, 0.2) is 29.8 Å². The molecule has 0 atom stereocenters. The number of methoxy groups -OCH3 is 6. The highest BCUT2D eigenvalue weighted by Gasteiger charge is 2.26. The second-order valence-corrected chi connectivity index (χ2v) is 7.62. The molecule has 0 radical (unpaired) electrons. The summed E-state index contributed by atoms with van der Waals surface area (Å²) in [6, 6.07) is 7.65. The van der Waals surface area contributed by atoms with Crippen LogP contribution in [0.1, 0.15) is 5.56 Å². The van der Waals surface area contributed by atoms with Gasteiger partial charge in [-0.05, 0) is 57.7 Å². The lowest BCUT2D eigenvalue weighted by molar-refractivity contribution is 0.0516. The van der Waals surface area contributed by atoms with Gasteiger partial charge in [-0.15, -0.1) is 0 Å². The minimum absolute atomic E-state index is 0.0828. The molecule has 0 heterocycles. The molecule has 172 valence electrons. The van der Waals surface area contributed by atoms with Crippen molar-refractivity contribution in [2.45, 2.75) is 6.92 Å². The zero-order valence-corrected chi connectivity index (χ0v) is 20.8. The van der Waals surface area contributed by atoms with Crippen molar-refractivity contribution in [3.05, 3.63) is 34.3 Å². The lowest BCUT2D eigenvalue weighted by Gasteiger charge is -2.23. The summed E-state index contributed by atoms with van der Waals surface area (Å²) in [5, 5.41) is 1.59. The van der Waals surface area contributed by atoms with Crippen LogP contribution in [0.3, 0.4) is 0 Å². The number of benzene rings is 3. The van der Waals surface area contributed by atoms with Crippen molar-refractivity contribution >= 4 is 26.7 Å². The summed E-state index contributed by atoms with van der Waals surface area (Å²) in [4.78, 5) is 0. The largest absolute Gasteiger partial charge is 0.493 e. The fourth-order valence-electron chi connectivity index (χ4n) is 3.78. The van der Waals surface area contributed by atoms with E-state index in [-0.39, 0.29) is 6.79 Å². The molecule has 0 saturated heterocycles. The maximum atomic E-state index is 5.96. The molecule has 0 aliphatic carbocycles. The van der Waals surface area contributed by atoms with Gasteiger partial charge in [0.1, 0.15) is 5.75 Å². The molecule has 3 aromatic carbocycles. The summed E-state index contributed by atoms with van der Waals surface area (Å²) in [5.41, 5.74) is 2.78. The summed E-state index contributed by atoms with van der Waals surface area (Å²) < 4.78 is 40.0. The molecule has 0 amide bonds. The lowest BCUT2D eigenvalue weighted by atomic mass is 9.91. The zero-order valence-electron chi connectivity index (χ0n) is 19.3. The van der Waals surface area contributed by atoms with Crippen molar-refractivity contribution in [2.75, 3.05) is 49.5 Å². The lowest BCUT2D eigenvalue weighted by Crippen LogP contribution is -2.04. The van der Waals surface area contributed by atoms with E-state index in [2.05, 4.69) is 15.9 Å². The fourth-order valence-corrected chi connectivity index (χ4v) is 4.31. The van der Waals surface area contributed by atoms with Crippen LogP contribution >= 0.6 is 15.9 Å². The molecule has 0 fully saturated rings. The Bertz CT molecular complexity index is 1130. The van der Waals surface area contributed by atoms with E-state index in [1.807, 2.05) is 31.2 Å². The van der Waals surface area contributed by atoms with E-state index < -0.39 is 0 Å². The van der Waals surface area contributed by atoms with Gasteiger partial charge in [0, 0.05) is 17.9 Å². The predicted molar refractivity (Wildman–Crippen MR) is 127 cm³/mol. The molecular formula is C24H27BrO7. The molecule has 0 N–H and O–H groups in total. The van der Waals surface area contributed by atoms with Crippen LogP contribution in [-0.2, 0) is 4.74 Å². The van der Waals surface area contributed by atoms with E-state index in [1.165, 1.54) is 0 Å². The Morgan fingerprint density at radius 3 is 1.94 bits per heavy atom. The highest BCUT2D eigenvalue weighted by atomic mass is 79.9. The van der Waals surface area contributed by atoms with Gasteiger partial charge in [-0.2, -0.15) is 0 Å². The first-order valence-electron chi connectivity index (χ1n) is 9.76. The highest BCUT2D eigenvalue weighted by Crippen LogP contribution is 2.53. The smallest absolute Gasteiger partial charge is 0.203 e. The summed E-state index contributed by atoms with van der Waals surface area (Å²) >= 11 is 3.72. The molecule has 32 heavy (non-hydrogen) atoms. The Morgan fingerprint density at radius 1 is 0.719 bits per heavy atom. The van der Waals surface area contributed by atoms with E-state index in [0.717, 1.165) is 31.9 Å². The van der Waals surface area contributed by atoms with E-state index in [9.17, 15) is 0 Å². The predicted octanol–water partition coefficient (Wildman–Crippen LogP) is 5.60. The van der Waals surface area contributed by atoms with E-state index in [1.54, 1.807) is 42.7 Å². The van der Waals surface area contributed by atoms with Crippen LogP contribution in [0.2, 0.25) is 0 Å². The average Bonchev–Trinajstić information content (AvgIpc) is 2.82. The third-order valence-corrected chi connectivity index (χ3v) is 6.18. The fraction of sp³-hybridized carbons (Fsp3) is 0.333. The number of fused-ring (bicyclic) bond motifs is 1. The second kappa shape index (κ2) is 10.2. The standard InChI is InChI=1S/C24H27BrO7/c1-13-19(14-8-9-16(27-3)17(10-14)28-4)20-15(22(21(13)25)32-12-26-2)11-18(29-5)23(30-6)24(20)31-7/h8-11H,12H2,1-7H3. The third kappa shape index (κ3) is 4.00. The van der Waals surface area contributed by atoms with Gasteiger partial charge in [-0.25, -0.2) is 0 Å². The maximum absolute atomic E-state index is 5.96. The molecule has 0 aromatic heterocycles. The van der Waals surface area contributed by atoms with Crippen molar-refractivity contribution in [2.24, 2.45) is 0 Å². The quantitative estimate of drug-likeness (QED) is 0.349. The number of rotatable bonds is 9. The van der Waals surface area contributed by atoms with Crippen LogP contribution in [0.5, 0.6) is 34.5 Å². The number of hydrogen-bond acceptors (Lipinski definition) is 7. The minimum atomic E-state index is 0.0828. The zero-order chi connectivity index (χ0) is 23.4. The Balaban J connectivity index is 2.52. The first kappa shape index (κ1) is 23.8. The first-order valence-corrected chi connectivity index (χ1v) is 10.5. The molecule has 0 aliphatic heterocycles. The van der Waals surface area contributed by atoms with Crippen LogP contribution in [0.4, 0.5) is 0 Å². The molecule has 3 rings (SSSR count). The van der Waals surface area contributed by atoms with Crippen molar-refractivity contribution in [3.63, 3.8) is 0 Å². The summed E-state index contributed by atoms with van der Waals surface area (Å²) in [5.74, 6) is 3.42. The van der Waals surface area contributed by atoms with Gasteiger partial charge >= 0.3 is 0 Å². The van der Waals surface area contributed by atoms with Crippen LogP contribution in [-0.4, -0.2) is 49.5 Å². The van der Waals surface area contributed by atoms with Gasteiger partial charge < -0.3 is 33.2 Å². The van der Waals surface area contributed by atoms with Gasteiger partial charge in [-0.3, -0.25) is 0 Å². The molecule has 8 heteroatoms. The number of halogens is 1. The van der Waals surface area contributed by atoms with Crippen LogP contribution < -0.4 is 28.4 Å². The highest BCUT2D eigenvalue weighted by molar-refractivity contribution is 9.10. The van der Waals surface area contributed by atoms with Gasteiger partial charge in [0.25, 0.3) is 0 Å². The summed E-state index contributed by atoms with van der Waals surface area (Å²) in [7, 11) is 9.55. The van der Waals surface area contributed by atoms with Gasteiger partial charge in [0.05, 0.1) is 40.0 Å². The van der Waals surface area contributed by atoms with Gasteiger partial charge in [-0.1, -0.05) is 6.07 Å². The van der Waals surface area contributed by atoms with E-state index in [4.69, 9.17) is 33.2 Å². The second-order valence-electron chi connectivity index (χ2n) is 6.83. The Hall–Kier alpha value is -2.84. The van der Waals surface area contributed by atoms with Crippen LogP contribution in [0.15, 0.2) is 28.7 Å². The molecule has 0 unspecified atom stereocenters. The minimum Gasteiger partial charge on any atom is -0.493 e. The van der Waals surface area contributed by atoms with Crippen molar-refractivity contribution < 1.29 is 33.2 Å². The van der Waals surface area contributed by atoms with Crippen molar-refractivity contribution in [1.82, 2.24) is 0 Å². The van der Waals surface area contributed by atoms with Crippen molar-refractivity contribution in [1.29, 1.82) is 0 Å². The average molecular weight is 507 g/mol. The molecule has 0 spiro atoms. The molecular weight excluding hydrogens is 480 g/mol. The Labute approximate surface area is 196 Å². The van der Waals surface area contributed by atoms with Crippen molar-refractivity contribution in [3.8, 4) is 45.6 Å². The first-order chi connectivity index (χ1) is 15.5. The van der Waals surface area contributed by atoms with Crippen LogP contribution in [0.25, 0.3) is 21.9 Å². The van der Waals surface area contributed by atoms with Crippen LogP contribution in [0, 0.1) is 6.92 Å². The Morgan fingerprint density at radius 2 is 1.38 bits per heavy atom. The monoisotopic (exact) mass is 506 g/mol. The normalized spacial score (nSPS) is 10.8. The molecule has 0 saturated carbocycles. The molecule has 7 nitrogen and oxygen atoms in total. The molecule has 0 bridgehead atoms. The summed E-state index contributed by atoms with van der Waals surface area (Å²) in [6.07, 6.45) is 0. The Kier molecular flexibility index (Phi) is 7.58. The molecule has 3 aromatic rings. The summed E-state index contributed by atoms with van der Waals surface area (Å²) in [6.45, 7) is 2.09. The third-order valence-electron chi connectivity index (χ3n) is 5.22. The van der Waals surface area contributed by atoms with Gasteiger partial charge in [0.2, 0.25) is 5.75 Å².